The van der Waals surface area contributed by atoms with Gasteiger partial charge < -0.3 is 32.4 Å². The van der Waals surface area contributed by atoms with Crippen LogP contribution >= 0.6 is 0 Å². The van der Waals surface area contributed by atoms with Gasteiger partial charge in [0.15, 0.2) is 34.5 Å². The summed E-state index contributed by atoms with van der Waals surface area (Å²) in [6.45, 7) is 2.36. The number of likely N-dealkylation sites (N-methyl/N-ethyl adjacent to an activating group) is 1. The van der Waals surface area contributed by atoms with Crippen LogP contribution in [0.2, 0.25) is 0 Å². The Hall–Kier alpha value is -5.33. The van der Waals surface area contributed by atoms with Gasteiger partial charge in [-0.3, -0.25) is 33.7 Å². The maximum atomic E-state index is 14.7. The molecule has 3 aromatic rings. The minimum Gasteiger partial charge on any atom is -0.507 e. The summed E-state index contributed by atoms with van der Waals surface area (Å²) in [5, 5.41) is 26.5. The topological polar surface area (TPSA) is 249 Å². The minimum absolute atomic E-state index is 0.0146. The number of nitrogens with two attached hydrogens (primary N) is 3. The number of hydrogen-bond donors (Lipinski definition) is 5. The summed E-state index contributed by atoms with van der Waals surface area (Å²) in [6, 6.07) is 14.4. The van der Waals surface area contributed by atoms with E-state index in [1.54, 1.807) is 19.1 Å². The molecule has 0 radical (unpaired) electrons. The second-order valence-electron chi connectivity index (χ2n) is 13.8. The number of benzene rings is 3. The van der Waals surface area contributed by atoms with E-state index in [0.717, 1.165) is 16.3 Å². The number of ether oxygens (including phenoxy) is 1. The molecule has 14 nitrogen and oxygen atoms in total. The first-order valence-corrected chi connectivity index (χ1v) is 16.4. The Morgan fingerprint density at radius 3 is 2.31 bits per heavy atom. The number of hydrogen-bond acceptors (Lipinski definition) is 13. The van der Waals surface area contributed by atoms with Crippen LogP contribution in [0, 0.1) is 28.6 Å². The van der Waals surface area contributed by atoms with E-state index in [1.165, 1.54) is 25.1 Å². The third kappa shape index (κ3) is 4.99. The van der Waals surface area contributed by atoms with Crippen LogP contribution in [0.15, 0.2) is 48.5 Å². The lowest BCUT2D eigenvalue weighted by Gasteiger charge is -2.60. The molecular formula is C37H38N6O8. The van der Waals surface area contributed by atoms with Crippen LogP contribution in [-0.4, -0.2) is 89.4 Å². The van der Waals surface area contributed by atoms with Gasteiger partial charge in [-0.2, -0.15) is 5.26 Å². The summed E-state index contributed by atoms with van der Waals surface area (Å²) in [4.78, 5) is 82.5. The number of nitrogens with one attached hydrogen (secondary N) is 1. The van der Waals surface area contributed by atoms with E-state index in [1.807, 2.05) is 36.4 Å². The van der Waals surface area contributed by atoms with Crippen molar-refractivity contribution in [3.63, 3.8) is 0 Å². The molecule has 0 heterocycles. The fraction of sp³-hybridized carbons (Fsp3) is 0.378. The predicted octanol–water partition coefficient (Wildman–Crippen LogP) is 0.281. The Bertz CT molecular complexity index is 2110. The van der Waals surface area contributed by atoms with Crippen LogP contribution in [0.1, 0.15) is 34.8 Å². The summed E-state index contributed by atoms with van der Waals surface area (Å²) in [5.74, 6) is -10.6. The summed E-state index contributed by atoms with van der Waals surface area (Å²) < 4.78 is 5.00. The number of Topliss-reactive ketones (excluding diaryl/α,β-unsaturated/α-hetero) is 4. The molecule has 0 aromatic heterocycles. The van der Waals surface area contributed by atoms with Gasteiger partial charge in [-0.15, -0.1) is 0 Å². The van der Waals surface area contributed by atoms with Crippen molar-refractivity contribution in [1.82, 2.24) is 10.2 Å². The number of ketones is 4. The second-order valence-corrected chi connectivity index (χ2v) is 13.8. The Kier molecular flexibility index (Phi) is 8.68. The number of esters is 1. The van der Waals surface area contributed by atoms with Gasteiger partial charge in [0.2, 0.25) is 5.91 Å². The number of primary amides is 1. The lowest BCUT2D eigenvalue weighted by molar-refractivity contribution is -0.166. The van der Waals surface area contributed by atoms with Crippen molar-refractivity contribution in [1.29, 1.82) is 5.26 Å². The fourth-order valence-corrected chi connectivity index (χ4v) is 8.72. The molecule has 0 saturated heterocycles. The van der Waals surface area contributed by atoms with E-state index in [9.17, 15) is 39.1 Å². The quantitative estimate of drug-likeness (QED) is 0.157. The number of nitrogens with zero attached hydrogens (tertiary/aromatic N) is 2. The average molecular weight is 695 g/mol. The Labute approximate surface area is 292 Å². The van der Waals surface area contributed by atoms with Crippen molar-refractivity contribution in [2.45, 2.75) is 43.4 Å². The van der Waals surface area contributed by atoms with E-state index in [-0.39, 0.29) is 31.1 Å². The number of rotatable bonds is 8. The van der Waals surface area contributed by atoms with Gasteiger partial charge in [0, 0.05) is 12.1 Å². The second kappa shape index (κ2) is 12.5. The third-order valence-corrected chi connectivity index (χ3v) is 10.7. The van der Waals surface area contributed by atoms with Gasteiger partial charge in [0.1, 0.15) is 11.7 Å². The molecule has 14 heteroatoms. The molecule has 51 heavy (non-hydrogen) atoms. The van der Waals surface area contributed by atoms with E-state index in [0.29, 0.717) is 23.2 Å². The molecule has 3 aromatic carbocycles. The van der Waals surface area contributed by atoms with Crippen LogP contribution < -0.4 is 22.5 Å². The number of amides is 1. The summed E-state index contributed by atoms with van der Waals surface area (Å²) in [6.07, 6.45) is -0.713. The molecular weight excluding hydrogens is 656 g/mol. The highest BCUT2D eigenvalue weighted by molar-refractivity contribution is 6.33. The van der Waals surface area contributed by atoms with Crippen molar-refractivity contribution < 1.29 is 38.6 Å². The van der Waals surface area contributed by atoms with E-state index >= 15 is 0 Å². The molecule has 3 aliphatic carbocycles. The molecule has 6 atom stereocenters. The number of phenols is 1. The third-order valence-electron chi connectivity index (χ3n) is 10.7. The molecule has 1 amide bonds. The summed E-state index contributed by atoms with van der Waals surface area (Å²) in [5.41, 5.74) is 14.8. The van der Waals surface area contributed by atoms with Crippen molar-refractivity contribution >= 4 is 45.8 Å². The van der Waals surface area contributed by atoms with Gasteiger partial charge in [-0.25, -0.2) is 0 Å². The molecule has 0 bridgehead atoms. The normalized spacial score (nSPS) is 28.5. The van der Waals surface area contributed by atoms with Crippen molar-refractivity contribution in [3.8, 4) is 22.9 Å². The number of aromatic hydroxyl groups is 1. The van der Waals surface area contributed by atoms with Gasteiger partial charge in [-0.05, 0) is 73.0 Å². The largest absolute Gasteiger partial charge is 0.507 e. The van der Waals surface area contributed by atoms with Crippen LogP contribution in [0.25, 0.3) is 21.9 Å². The standard InChI is InChI=1S/C37H38N6O8/c1-4-51-25(45)15-42-14-18-9-10-21(20-8-6-5-7-19(18)20)22-11-12-24(44)26-23(22)13-35(40)16-37(41)31(43(2)3)30(47)27(34(39)50)32(48)36(37,17-38)33(49)28(35)29(26)46/h5-12,27-28,31,42,44H,4,13-16,40-41H2,1-3H3,(H2,39,50)/t27?,28?,31-,35-,36+,37-/m1/s1. The van der Waals surface area contributed by atoms with E-state index < -0.39 is 75.6 Å². The first kappa shape index (κ1) is 35.5. The lowest BCUT2D eigenvalue weighted by Crippen LogP contribution is -2.85. The van der Waals surface area contributed by atoms with E-state index in [2.05, 4.69) is 5.32 Å². The molecule has 8 N–H and O–H groups in total. The first-order chi connectivity index (χ1) is 24.1. The van der Waals surface area contributed by atoms with Crippen molar-refractivity contribution in [2.75, 3.05) is 27.2 Å². The molecule has 2 saturated carbocycles. The van der Waals surface area contributed by atoms with E-state index in [4.69, 9.17) is 21.9 Å². The maximum Gasteiger partial charge on any atom is 0.319 e. The fourth-order valence-electron chi connectivity index (χ4n) is 8.72. The zero-order valence-electron chi connectivity index (χ0n) is 28.3. The lowest BCUT2D eigenvalue weighted by atomic mass is 9.42. The Morgan fingerprint density at radius 1 is 1.02 bits per heavy atom. The smallest absolute Gasteiger partial charge is 0.319 e. The summed E-state index contributed by atoms with van der Waals surface area (Å²) in [7, 11) is 2.90. The minimum atomic E-state index is -2.82. The monoisotopic (exact) mass is 694 g/mol. The summed E-state index contributed by atoms with van der Waals surface area (Å²) >= 11 is 0. The van der Waals surface area contributed by atoms with Gasteiger partial charge >= 0.3 is 5.97 Å². The molecule has 2 unspecified atom stereocenters. The maximum absolute atomic E-state index is 14.7. The zero-order valence-corrected chi connectivity index (χ0v) is 28.3. The van der Waals surface area contributed by atoms with Crippen LogP contribution in [-0.2, 0) is 41.7 Å². The van der Waals surface area contributed by atoms with Crippen LogP contribution in [0.5, 0.6) is 5.75 Å². The zero-order chi connectivity index (χ0) is 37.2. The highest BCUT2D eigenvalue weighted by Crippen LogP contribution is 2.57. The Balaban J connectivity index is 1.50. The van der Waals surface area contributed by atoms with Crippen LogP contribution in [0.3, 0.4) is 0 Å². The number of fused-ring (bicyclic) bond motifs is 4. The van der Waals surface area contributed by atoms with Crippen LogP contribution in [0.4, 0.5) is 0 Å². The number of carbonyl (C=O) groups excluding carboxylic acids is 6. The Morgan fingerprint density at radius 2 is 1.69 bits per heavy atom. The SMILES string of the molecule is CCOC(=O)CNCc1ccc(-c2ccc(O)c3c2C[C@@]2(N)C[C@@]4(N)[C@H](N(C)C)C(=O)C(C(N)=O)C(=O)[C@@]4(C#N)C(=O)C2C3=O)c2ccccc12. The van der Waals surface area contributed by atoms with Gasteiger partial charge in [0.25, 0.3) is 0 Å². The molecule has 6 rings (SSSR count). The predicted molar refractivity (Wildman–Crippen MR) is 183 cm³/mol. The molecule has 3 aliphatic rings. The highest BCUT2D eigenvalue weighted by Gasteiger charge is 2.78. The van der Waals surface area contributed by atoms with Gasteiger partial charge in [-0.1, -0.05) is 42.5 Å². The number of nitriles is 1. The highest BCUT2D eigenvalue weighted by atomic mass is 16.5. The number of carbonyl (C=O) groups is 6. The number of phenolic OH excluding ortho intramolecular Hbond substituents is 1. The first-order valence-electron chi connectivity index (χ1n) is 16.4. The van der Waals surface area contributed by atoms with Crippen molar-refractivity contribution in [2.24, 2.45) is 34.5 Å². The molecule has 0 aliphatic heterocycles. The molecule has 264 valence electrons. The molecule has 2 fully saturated rings. The van der Waals surface area contributed by atoms with Crippen molar-refractivity contribution in [3.05, 3.63) is 65.2 Å². The molecule has 0 spiro atoms. The van der Waals surface area contributed by atoms with Gasteiger partial charge in [0.05, 0.1) is 36.4 Å². The average Bonchev–Trinajstić information content (AvgIpc) is 3.04.